The molecule has 0 aliphatic carbocycles. The van der Waals surface area contributed by atoms with Crippen molar-refractivity contribution in [1.82, 2.24) is 0 Å². The smallest absolute Gasteiger partial charge is 0.423 e. The summed E-state index contributed by atoms with van der Waals surface area (Å²) in [5.41, 5.74) is 4.23. The summed E-state index contributed by atoms with van der Waals surface area (Å²) in [5.74, 6) is 0. The van der Waals surface area contributed by atoms with E-state index in [1.807, 2.05) is 44.2 Å². The quantitative estimate of drug-likeness (QED) is 0.647. The van der Waals surface area contributed by atoms with Gasteiger partial charge < -0.3 is 10.0 Å². The van der Waals surface area contributed by atoms with Gasteiger partial charge in [-0.3, -0.25) is 4.99 Å². The zero-order chi connectivity index (χ0) is 13.8. The molecule has 0 saturated heterocycles. The second-order valence-corrected chi connectivity index (χ2v) is 4.48. The summed E-state index contributed by atoms with van der Waals surface area (Å²) < 4.78 is 0. The number of aliphatic imine (C=N–C) groups is 1. The molecule has 3 nitrogen and oxygen atoms in total. The zero-order valence-electron chi connectivity index (χ0n) is 11.0. The number of rotatable bonds is 3. The molecule has 0 aliphatic heterocycles. The largest absolute Gasteiger partial charge is 0.488 e. The molecule has 0 unspecified atom stereocenters. The fourth-order valence-electron chi connectivity index (χ4n) is 1.86. The molecule has 0 radical (unpaired) electrons. The number of para-hydroxylation sites is 1. The third-order valence-corrected chi connectivity index (χ3v) is 3.01. The Morgan fingerprint density at radius 3 is 2.47 bits per heavy atom. The van der Waals surface area contributed by atoms with Gasteiger partial charge in [0.15, 0.2) is 0 Å². The molecule has 0 heterocycles. The van der Waals surface area contributed by atoms with Crippen molar-refractivity contribution in [3.8, 4) is 0 Å². The highest BCUT2D eigenvalue weighted by Crippen LogP contribution is 2.18. The van der Waals surface area contributed by atoms with Crippen LogP contribution in [-0.4, -0.2) is 22.9 Å². The molecular formula is C15H16BNO2. The molecule has 0 saturated carbocycles. The van der Waals surface area contributed by atoms with Gasteiger partial charge in [0, 0.05) is 5.71 Å². The molecule has 0 bridgehead atoms. The predicted octanol–water partition coefficient (Wildman–Crippen LogP) is 1.82. The van der Waals surface area contributed by atoms with E-state index in [-0.39, 0.29) is 0 Å². The third kappa shape index (κ3) is 3.31. The van der Waals surface area contributed by atoms with E-state index >= 15 is 0 Å². The van der Waals surface area contributed by atoms with Gasteiger partial charge >= 0.3 is 7.12 Å². The Morgan fingerprint density at radius 1 is 1.05 bits per heavy atom. The van der Waals surface area contributed by atoms with Gasteiger partial charge in [-0.25, -0.2) is 0 Å². The fraction of sp³-hybridized carbons (Fsp3) is 0.133. The zero-order valence-corrected chi connectivity index (χ0v) is 11.0. The number of hydrogen-bond acceptors (Lipinski definition) is 3. The van der Waals surface area contributed by atoms with Crippen molar-refractivity contribution < 1.29 is 10.0 Å². The van der Waals surface area contributed by atoms with Crippen LogP contribution in [0.2, 0.25) is 0 Å². The highest BCUT2D eigenvalue weighted by atomic mass is 16.4. The minimum absolute atomic E-state index is 0.469. The van der Waals surface area contributed by atoms with Crippen LogP contribution in [-0.2, 0) is 0 Å². The predicted molar refractivity (Wildman–Crippen MR) is 79.3 cm³/mol. The lowest BCUT2D eigenvalue weighted by Gasteiger charge is -2.06. The maximum absolute atomic E-state index is 9.18. The number of hydrogen-bond donors (Lipinski definition) is 2. The first-order valence-corrected chi connectivity index (χ1v) is 6.15. The lowest BCUT2D eigenvalue weighted by Crippen LogP contribution is -2.30. The van der Waals surface area contributed by atoms with Gasteiger partial charge in [0.25, 0.3) is 0 Å². The van der Waals surface area contributed by atoms with Gasteiger partial charge in [-0.05, 0) is 36.5 Å². The van der Waals surface area contributed by atoms with E-state index in [9.17, 15) is 10.0 Å². The van der Waals surface area contributed by atoms with Crippen molar-refractivity contribution in [2.45, 2.75) is 13.8 Å². The summed E-state index contributed by atoms with van der Waals surface area (Å²) in [7, 11) is -1.45. The van der Waals surface area contributed by atoms with Crippen LogP contribution in [0.25, 0.3) is 0 Å². The minimum atomic E-state index is -1.45. The van der Waals surface area contributed by atoms with E-state index in [0.29, 0.717) is 5.46 Å². The SMILES string of the molecule is C/C(=N\c1ccccc1C)c1cccc(B(O)O)c1. The van der Waals surface area contributed by atoms with Crippen LogP contribution < -0.4 is 5.46 Å². The van der Waals surface area contributed by atoms with Crippen LogP contribution in [0.15, 0.2) is 53.5 Å². The van der Waals surface area contributed by atoms with E-state index in [4.69, 9.17) is 0 Å². The van der Waals surface area contributed by atoms with Crippen LogP contribution in [0.5, 0.6) is 0 Å². The van der Waals surface area contributed by atoms with Crippen molar-refractivity contribution in [2.24, 2.45) is 4.99 Å². The molecule has 0 spiro atoms. The van der Waals surface area contributed by atoms with Crippen molar-refractivity contribution in [3.05, 3.63) is 59.7 Å². The standard InChI is InChI=1S/C15H16BNO2/c1-11-6-3-4-9-15(11)17-12(2)13-7-5-8-14(10-13)16(18)19/h3-10,18-19H,1-2H3/b17-12+. The Hall–Kier alpha value is -1.91. The second kappa shape index (κ2) is 5.82. The summed E-state index contributed by atoms with van der Waals surface area (Å²) in [6, 6.07) is 15.0. The molecule has 2 aromatic carbocycles. The molecular weight excluding hydrogens is 237 g/mol. The van der Waals surface area contributed by atoms with Crippen LogP contribution in [0, 0.1) is 6.92 Å². The fourth-order valence-corrected chi connectivity index (χ4v) is 1.86. The van der Waals surface area contributed by atoms with E-state index < -0.39 is 7.12 Å². The lowest BCUT2D eigenvalue weighted by molar-refractivity contribution is 0.426. The maximum Gasteiger partial charge on any atom is 0.488 e. The summed E-state index contributed by atoms with van der Waals surface area (Å²) in [6.07, 6.45) is 0. The summed E-state index contributed by atoms with van der Waals surface area (Å²) in [6.45, 7) is 3.93. The Kier molecular flexibility index (Phi) is 4.15. The number of nitrogens with zero attached hydrogens (tertiary/aromatic N) is 1. The van der Waals surface area contributed by atoms with Gasteiger partial charge in [-0.2, -0.15) is 0 Å². The van der Waals surface area contributed by atoms with Gasteiger partial charge in [0.1, 0.15) is 0 Å². The van der Waals surface area contributed by atoms with Crippen molar-refractivity contribution in [1.29, 1.82) is 0 Å². The van der Waals surface area contributed by atoms with Crippen molar-refractivity contribution >= 4 is 24.0 Å². The first-order valence-electron chi connectivity index (χ1n) is 6.15. The summed E-state index contributed by atoms with van der Waals surface area (Å²) in [5, 5.41) is 18.4. The Morgan fingerprint density at radius 2 is 1.79 bits per heavy atom. The van der Waals surface area contributed by atoms with E-state index in [1.165, 1.54) is 0 Å². The second-order valence-electron chi connectivity index (χ2n) is 4.48. The summed E-state index contributed by atoms with van der Waals surface area (Å²) in [4.78, 5) is 4.58. The van der Waals surface area contributed by atoms with Crippen molar-refractivity contribution in [2.75, 3.05) is 0 Å². The van der Waals surface area contributed by atoms with E-state index in [2.05, 4.69) is 4.99 Å². The molecule has 2 N–H and O–H groups in total. The van der Waals surface area contributed by atoms with E-state index in [1.54, 1.807) is 18.2 Å². The number of benzene rings is 2. The molecule has 2 aromatic rings. The highest BCUT2D eigenvalue weighted by Gasteiger charge is 2.11. The normalized spacial score (nSPS) is 11.5. The lowest BCUT2D eigenvalue weighted by atomic mass is 9.79. The Balaban J connectivity index is 2.36. The van der Waals surface area contributed by atoms with Crippen LogP contribution in [0.4, 0.5) is 5.69 Å². The van der Waals surface area contributed by atoms with Gasteiger partial charge in [0.2, 0.25) is 0 Å². The molecule has 2 rings (SSSR count). The average Bonchev–Trinajstić information content (AvgIpc) is 2.41. The Labute approximate surface area is 113 Å². The first-order chi connectivity index (χ1) is 9.08. The highest BCUT2D eigenvalue weighted by molar-refractivity contribution is 6.58. The van der Waals surface area contributed by atoms with Crippen molar-refractivity contribution in [3.63, 3.8) is 0 Å². The topological polar surface area (TPSA) is 52.8 Å². The summed E-state index contributed by atoms with van der Waals surface area (Å²) >= 11 is 0. The average molecular weight is 253 g/mol. The minimum Gasteiger partial charge on any atom is -0.423 e. The monoisotopic (exact) mass is 253 g/mol. The number of aryl methyl sites for hydroxylation is 1. The van der Waals surface area contributed by atoms with Crippen LogP contribution >= 0.6 is 0 Å². The van der Waals surface area contributed by atoms with Crippen LogP contribution in [0.3, 0.4) is 0 Å². The first kappa shape index (κ1) is 13.5. The molecule has 96 valence electrons. The third-order valence-electron chi connectivity index (χ3n) is 3.01. The Bertz CT molecular complexity index is 609. The molecule has 0 aromatic heterocycles. The van der Waals surface area contributed by atoms with Gasteiger partial charge in [0.05, 0.1) is 5.69 Å². The molecule has 0 atom stereocenters. The molecule has 19 heavy (non-hydrogen) atoms. The van der Waals surface area contributed by atoms with Gasteiger partial charge in [-0.1, -0.05) is 42.5 Å². The van der Waals surface area contributed by atoms with E-state index in [0.717, 1.165) is 22.5 Å². The molecule has 0 amide bonds. The van der Waals surface area contributed by atoms with Crippen LogP contribution in [0.1, 0.15) is 18.1 Å². The molecule has 0 aliphatic rings. The van der Waals surface area contributed by atoms with Gasteiger partial charge in [-0.15, -0.1) is 0 Å². The maximum atomic E-state index is 9.18. The molecule has 0 fully saturated rings. The molecule has 4 heteroatoms.